The van der Waals surface area contributed by atoms with E-state index in [1.807, 2.05) is 6.92 Å². The third-order valence-electron chi connectivity index (χ3n) is 3.22. The van der Waals surface area contributed by atoms with Crippen LogP contribution in [0.3, 0.4) is 0 Å². The molecule has 0 aliphatic rings. The molecule has 0 radical (unpaired) electrons. The fraction of sp³-hybridized carbons (Fsp3) is 0.250. The van der Waals surface area contributed by atoms with Crippen molar-refractivity contribution in [2.45, 2.75) is 19.4 Å². The Kier molecular flexibility index (Phi) is 5.57. The molecule has 0 aliphatic heterocycles. The van der Waals surface area contributed by atoms with Crippen LogP contribution in [0.2, 0.25) is 10.0 Å². The highest BCUT2D eigenvalue weighted by Crippen LogP contribution is 2.27. The molecule has 1 atom stereocenters. The molecule has 1 nitrogen and oxygen atoms in total. The minimum absolute atomic E-state index is 0.299. The lowest BCUT2D eigenvalue weighted by Crippen LogP contribution is -2.24. The van der Waals surface area contributed by atoms with Crippen molar-refractivity contribution in [3.8, 4) is 0 Å². The molecular formula is C16H15Cl2F2N. The molecule has 0 amide bonds. The van der Waals surface area contributed by atoms with Gasteiger partial charge in [-0.05, 0) is 48.9 Å². The van der Waals surface area contributed by atoms with Crippen molar-refractivity contribution in [3.05, 3.63) is 69.2 Å². The number of likely N-dealkylation sites (N-methyl/N-ethyl adjacent to an activating group) is 1. The van der Waals surface area contributed by atoms with Crippen molar-refractivity contribution in [1.29, 1.82) is 0 Å². The molecule has 0 heterocycles. The van der Waals surface area contributed by atoms with Crippen LogP contribution in [0.25, 0.3) is 0 Å². The Bertz CT molecular complexity index is 632. The highest BCUT2D eigenvalue weighted by atomic mass is 35.5. The molecule has 0 saturated heterocycles. The van der Waals surface area contributed by atoms with Gasteiger partial charge in [-0.25, -0.2) is 8.78 Å². The smallest absolute Gasteiger partial charge is 0.129 e. The molecule has 0 saturated carbocycles. The zero-order chi connectivity index (χ0) is 15.4. The van der Waals surface area contributed by atoms with Crippen molar-refractivity contribution in [2.75, 3.05) is 6.54 Å². The quantitative estimate of drug-likeness (QED) is 0.798. The summed E-state index contributed by atoms with van der Waals surface area (Å²) in [7, 11) is 0. The van der Waals surface area contributed by atoms with Gasteiger partial charge in [0.1, 0.15) is 11.6 Å². The first-order valence-corrected chi connectivity index (χ1v) is 7.39. The van der Waals surface area contributed by atoms with Gasteiger partial charge in [0.05, 0.1) is 0 Å². The molecule has 0 aromatic heterocycles. The number of nitrogens with one attached hydrogen (secondary N) is 1. The van der Waals surface area contributed by atoms with E-state index in [-0.39, 0.29) is 17.7 Å². The monoisotopic (exact) mass is 329 g/mol. The van der Waals surface area contributed by atoms with Crippen LogP contribution in [0.5, 0.6) is 0 Å². The van der Waals surface area contributed by atoms with Gasteiger partial charge in [0, 0.05) is 21.7 Å². The number of rotatable bonds is 5. The number of halogens is 4. The van der Waals surface area contributed by atoms with Crippen LogP contribution in [0.15, 0.2) is 36.4 Å². The summed E-state index contributed by atoms with van der Waals surface area (Å²) in [5, 5.41) is 4.00. The summed E-state index contributed by atoms with van der Waals surface area (Å²) in [5.74, 6) is -0.748. The van der Waals surface area contributed by atoms with E-state index in [9.17, 15) is 8.78 Å². The molecule has 5 heteroatoms. The molecule has 0 fully saturated rings. The van der Waals surface area contributed by atoms with Gasteiger partial charge in [-0.2, -0.15) is 0 Å². The van der Waals surface area contributed by atoms with Gasteiger partial charge < -0.3 is 5.32 Å². The average molecular weight is 330 g/mol. The Hall–Kier alpha value is -1.16. The zero-order valence-electron chi connectivity index (χ0n) is 11.5. The summed E-state index contributed by atoms with van der Waals surface area (Å²) in [4.78, 5) is 0. The lowest BCUT2D eigenvalue weighted by molar-refractivity contribution is 0.509. The summed E-state index contributed by atoms with van der Waals surface area (Å²) < 4.78 is 27.4. The first kappa shape index (κ1) is 16.2. The van der Waals surface area contributed by atoms with E-state index in [1.165, 1.54) is 24.3 Å². The lowest BCUT2D eigenvalue weighted by Gasteiger charge is -2.20. The SMILES string of the molecule is CCNC(Cc1cc(F)ccc1Cl)c1ccc(Cl)cc1F. The first-order valence-electron chi connectivity index (χ1n) is 6.63. The highest BCUT2D eigenvalue weighted by Gasteiger charge is 2.17. The van der Waals surface area contributed by atoms with Crippen molar-refractivity contribution in [1.82, 2.24) is 5.32 Å². The maximum atomic E-state index is 14.1. The molecule has 21 heavy (non-hydrogen) atoms. The molecule has 0 spiro atoms. The molecular weight excluding hydrogens is 315 g/mol. The molecule has 112 valence electrons. The predicted octanol–water partition coefficient (Wildman–Crippen LogP) is 5.16. The minimum Gasteiger partial charge on any atom is -0.310 e. The second kappa shape index (κ2) is 7.21. The van der Waals surface area contributed by atoms with Crippen molar-refractivity contribution < 1.29 is 8.78 Å². The van der Waals surface area contributed by atoms with Crippen molar-refractivity contribution >= 4 is 23.2 Å². The zero-order valence-corrected chi connectivity index (χ0v) is 13.0. The van der Waals surface area contributed by atoms with Crippen LogP contribution in [-0.4, -0.2) is 6.54 Å². The van der Waals surface area contributed by atoms with Gasteiger partial charge in [-0.3, -0.25) is 0 Å². The largest absolute Gasteiger partial charge is 0.310 e. The van der Waals surface area contributed by atoms with E-state index in [1.54, 1.807) is 12.1 Å². The Balaban J connectivity index is 2.32. The molecule has 0 bridgehead atoms. The maximum absolute atomic E-state index is 14.1. The van der Waals surface area contributed by atoms with E-state index in [0.29, 0.717) is 34.1 Å². The second-order valence-corrected chi connectivity index (χ2v) is 5.56. The molecule has 1 N–H and O–H groups in total. The topological polar surface area (TPSA) is 12.0 Å². The van der Waals surface area contributed by atoms with Gasteiger partial charge in [-0.1, -0.05) is 36.2 Å². The molecule has 0 aliphatic carbocycles. The number of hydrogen-bond acceptors (Lipinski definition) is 1. The summed E-state index contributed by atoms with van der Waals surface area (Å²) in [5.41, 5.74) is 1.12. The molecule has 1 unspecified atom stereocenters. The maximum Gasteiger partial charge on any atom is 0.129 e. The lowest BCUT2D eigenvalue weighted by atomic mass is 9.98. The third-order valence-corrected chi connectivity index (χ3v) is 3.82. The third kappa shape index (κ3) is 4.16. The normalized spacial score (nSPS) is 12.4. The summed E-state index contributed by atoms with van der Waals surface area (Å²) in [6.45, 7) is 2.58. The Labute approximate surface area is 132 Å². The van der Waals surface area contributed by atoms with Crippen LogP contribution in [0, 0.1) is 11.6 Å². The predicted molar refractivity (Wildman–Crippen MR) is 82.9 cm³/mol. The fourth-order valence-corrected chi connectivity index (χ4v) is 2.60. The van der Waals surface area contributed by atoms with Gasteiger partial charge >= 0.3 is 0 Å². The van der Waals surface area contributed by atoms with E-state index in [2.05, 4.69) is 5.32 Å². The van der Waals surface area contributed by atoms with Crippen LogP contribution in [-0.2, 0) is 6.42 Å². The van der Waals surface area contributed by atoms with Crippen molar-refractivity contribution in [2.24, 2.45) is 0 Å². The fourth-order valence-electron chi connectivity index (χ4n) is 2.24. The Morgan fingerprint density at radius 2 is 1.86 bits per heavy atom. The molecule has 2 aromatic carbocycles. The second-order valence-electron chi connectivity index (χ2n) is 4.72. The van der Waals surface area contributed by atoms with Crippen LogP contribution < -0.4 is 5.32 Å². The first-order chi connectivity index (χ1) is 10.0. The van der Waals surface area contributed by atoms with E-state index in [4.69, 9.17) is 23.2 Å². The van der Waals surface area contributed by atoms with Crippen molar-refractivity contribution in [3.63, 3.8) is 0 Å². The molecule has 2 rings (SSSR count). The summed E-state index contributed by atoms with van der Waals surface area (Å²) in [6.07, 6.45) is 0.392. The summed E-state index contributed by atoms with van der Waals surface area (Å²) in [6, 6.07) is 8.43. The van der Waals surface area contributed by atoms with Crippen LogP contribution in [0.4, 0.5) is 8.78 Å². The minimum atomic E-state index is -0.388. The number of benzene rings is 2. The van der Waals surface area contributed by atoms with Gasteiger partial charge in [0.15, 0.2) is 0 Å². The Morgan fingerprint density at radius 1 is 1.10 bits per heavy atom. The standard InChI is InChI=1S/C16H15Cl2F2N/c1-2-21-16(13-5-3-11(17)9-15(13)20)8-10-7-12(19)4-6-14(10)18/h3-7,9,16,21H,2,8H2,1H3. The Morgan fingerprint density at radius 3 is 2.52 bits per heavy atom. The highest BCUT2D eigenvalue weighted by molar-refractivity contribution is 6.31. The van der Waals surface area contributed by atoms with E-state index >= 15 is 0 Å². The average Bonchev–Trinajstić information content (AvgIpc) is 2.42. The van der Waals surface area contributed by atoms with E-state index < -0.39 is 0 Å². The van der Waals surface area contributed by atoms with Gasteiger partial charge in [0.25, 0.3) is 0 Å². The van der Waals surface area contributed by atoms with Gasteiger partial charge in [-0.15, -0.1) is 0 Å². The van der Waals surface area contributed by atoms with Crippen LogP contribution in [0.1, 0.15) is 24.1 Å². The van der Waals surface area contributed by atoms with Gasteiger partial charge in [0.2, 0.25) is 0 Å². The van der Waals surface area contributed by atoms with Crippen LogP contribution >= 0.6 is 23.2 Å². The molecule has 2 aromatic rings. The van der Waals surface area contributed by atoms with E-state index in [0.717, 1.165) is 0 Å². The summed E-state index contributed by atoms with van der Waals surface area (Å²) >= 11 is 11.9. The number of hydrogen-bond donors (Lipinski definition) is 1.